The predicted octanol–water partition coefficient (Wildman–Crippen LogP) is 1.44. The van der Waals surface area contributed by atoms with Crippen molar-refractivity contribution in [1.29, 1.82) is 0 Å². The Morgan fingerprint density at radius 2 is 2.17 bits per heavy atom. The fraction of sp³-hybridized carbons (Fsp3) is 0.636. The maximum atomic E-state index is 11.6. The predicted molar refractivity (Wildman–Crippen MR) is 64.6 cm³/mol. The maximum absolute atomic E-state index is 11.6. The van der Waals surface area contributed by atoms with Crippen LogP contribution in [0.3, 0.4) is 0 Å². The minimum Gasteiger partial charge on any atom is -0.377 e. The van der Waals surface area contributed by atoms with Crippen molar-refractivity contribution >= 4 is 11.5 Å². The van der Waals surface area contributed by atoms with Crippen molar-refractivity contribution in [3.63, 3.8) is 0 Å². The summed E-state index contributed by atoms with van der Waals surface area (Å²) in [5, 5.41) is 15.2. The molecule has 0 aliphatic heterocycles. The monoisotopic (exact) mass is 255 g/mol. The van der Waals surface area contributed by atoms with Crippen LogP contribution in [-0.4, -0.2) is 34.2 Å². The lowest BCUT2D eigenvalue weighted by atomic mass is 10.1. The molecule has 1 aromatic rings. The summed E-state index contributed by atoms with van der Waals surface area (Å²) in [7, 11) is 1.41. The van der Waals surface area contributed by atoms with Gasteiger partial charge in [0.2, 0.25) is 0 Å². The zero-order valence-corrected chi connectivity index (χ0v) is 11.0. The van der Waals surface area contributed by atoms with Gasteiger partial charge >= 0.3 is 5.69 Å². The third-order valence-electron chi connectivity index (χ3n) is 2.49. The van der Waals surface area contributed by atoms with Crippen LogP contribution >= 0.6 is 0 Å². The largest absolute Gasteiger partial charge is 0.377 e. The number of ketones is 1. The van der Waals surface area contributed by atoms with E-state index in [4.69, 9.17) is 4.74 Å². The molecule has 0 saturated carbocycles. The number of carbonyl (C=O) groups excluding carboxylic acids is 1. The fourth-order valence-corrected chi connectivity index (χ4v) is 1.81. The Balaban J connectivity index is 3.20. The molecular formula is C11H17N3O4. The van der Waals surface area contributed by atoms with Crippen LogP contribution in [0.4, 0.5) is 5.69 Å². The number of nitro groups is 1. The summed E-state index contributed by atoms with van der Waals surface area (Å²) in [5.74, 6) is -0.206. The molecule has 1 rings (SSSR count). The number of aromatic nitrogens is 2. The van der Waals surface area contributed by atoms with E-state index in [1.807, 2.05) is 13.8 Å². The van der Waals surface area contributed by atoms with Crippen LogP contribution in [0.1, 0.15) is 31.3 Å². The normalized spacial score (nSPS) is 10.9. The van der Waals surface area contributed by atoms with Gasteiger partial charge in [-0.2, -0.15) is 5.10 Å². The van der Waals surface area contributed by atoms with Gasteiger partial charge in [-0.15, -0.1) is 0 Å². The number of carbonyl (C=O) groups is 1. The van der Waals surface area contributed by atoms with Gasteiger partial charge < -0.3 is 4.74 Å². The molecule has 100 valence electrons. The Bertz CT molecular complexity index is 465. The van der Waals surface area contributed by atoms with Crippen molar-refractivity contribution in [1.82, 2.24) is 9.78 Å². The molecule has 0 amide bonds. The molecule has 0 aliphatic carbocycles. The Hall–Kier alpha value is -1.76. The highest BCUT2D eigenvalue weighted by Gasteiger charge is 2.27. The number of hydrogen-bond donors (Lipinski definition) is 0. The zero-order chi connectivity index (χ0) is 13.9. The summed E-state index contributed by atoms with van der Waals surface area (Å²) >= 11 is 0. The first-order valence-corrected chi connectivity index (χ1v) is 5.61. The molecule has 0 N–H and O–H groups in total. The summed E-state index contributed by atoms with van der Waals surface area (Å²) in [6, 6.07) is -0.0391. The number of Topliss-reactive ketones (excluding diaryl/α,β-unsaturated/α-hetero) is 1. The highest BCUT2D eigenvalue weighted by atomic mass is 16.6. The lowest BCUT2D eigenvalue weighted by Gasteiger charge is -2.09. The van der Waals surface area contributed by atoms with Gasteiger partial charge in [-0.3, -0.25) is 19.6 Å². The van der Waals surface area contributed by atoms with E-state index in [-0.39, 0.29) is 30.5 Å². The lowest BCUT2D eigenvalue weighted by molar-refractivity contribution is -0.386. The third-order valence-corrected chi connectivity index (χ3v) is 2.49. The molecule has 0 saturated heterocycles. The number of rotatable bonds is 6. The lowest BCUT2D eigenvalue weighted by Crippen LogP contribution is -2.16. The van der Waals surface area contributed by atoms with Crippen molar-refractivity contribution < 1.29 is 14.5 Å². The Morgan fingerprint density at radius 1 is 1.56 bits per heavy atom. The molecule has 0 fully saturated rings. The topological polar surface area (TPSA) is 87.3 Å². The average molecular weight is 255 g/mol. The molecule has 18 heavy (non-hydrogen) atoms. The molecule has 7 heteroatoms. The van der Waals surface area contributed by atoms with Gasteiger partial charge in [0, 0.05) is 13.2 Å². The van der Waals surface area contributed by atoms with Gasteiger partial charge in [0.05, 0.1) is 11.3 Å². The smallest absolute Gasteiger partial charge is 0.313 e. The Labute approximate surface area is 105 Å². The van der Waals surface area contributed by atoms with Crippen LogP contribution in [0.5, 0.6) is 0 Å². The van der Waals surface area contributed by atoms with E-state index in [2.05, 4.69) is 5.10 Å². The van der Waals surface area contributed by atoms with E-state index >= 15 is 0 Å². The SMILES string of the molecule is COCC(=O)Cc1c([N+](=O)[O-])c(C)nn1C(C)C. The first-order chi connectivity index (χ1) is 8.38. The highest BCUT2D eigenvalue weighted by molar-refractivity contribution is 5.82. The standard InChI is InChI=1S/C11H17N3O4/c1-7(2)13-10(5-9(15)6-18-4)11(14(16)17)8(3)12-13/h7H,5-6H2,1-4H3. The first-order valence-electron chi connectivity index (χ1n) is 5.61. The van der Waals surface area contributed by atoms with E-state index in [0.29, 0.717) is 11.4 Å². The molecule has 1 heterocycles. The van der Waals surface area contributed by atoms with Crippen molar-refractivity contribution in [2.45, 2.75) is 33.2 Å². The molecule has 0 aromatic carbocycles. The van der Waals surface area contributed by atoms with Crippen molar-refractivity contribution in [3.05, 3.63) is 21.5 Å². The Morgan fingerprint density at radius 3 is 2.61 bits per heavy atom. The molecule has 0 unspecified atom stereocenters. The van der Waals surface area contributed by atoms with E-state index in [1.54, 1.807) is 6.92 Å². The summed E-state index contributed by atoms with van der Waals surface area (Å²) in [6.07, 6.45) is -0.0385. The molecule has 1 aromatic heterocycles. The number of aryl methyl sites for hydroxylation is 1. The first kappa shape index (κ1) is 14.3. The number of methoxy groups -OCH3 is 1. The summed E-state index contributed by atoms with van der Waals surface area (Å²) in [5.41, 5.74) is 0.594. The minimum atomic E-state index is -0.489. The van der Waals surface area contributed by atoms with E-state index in [1.165, 1.54) is 11.8 Å². The van der Waals surface area contributed by atoms with Crippen LogP contribution in [0.15, 0.2) is 0 Å². The second kappa shape index (κ2) is 5.72. The minimum absolute atomic E-state index is 0.0385. The van der Waals surface area contributed by atoms with Crippen molar-refractivity contribution in [2.24, 2.45) is 0 Å². The van der Waals surface area contributed by atoms with E-state index < -0.39 is 4.92 Å². The van der Waals surface area contributed by atoms with Crippen molar-refractivity contribution in [2.75, 3.05) is 13.7 Å². The number of hydrogen-bond acceptors (Lipinski definition) is 5. The average Bonchev–Trinajstić information content (AvgIpc) is 2.55. The number of ether oxygens (including phenoxy) is 1. The van der Waals surface area contributed by atoms with Gasteiger partial charge in [-0.05, 0) is 20.8 Å². The van der Waals surface area contributed by atoms with Crippen LogP contribution < -0.4 is 0 Å². The molecule has 0 atom stereocenters. The van der Waals surface area contributed by atoms with Gasteiger partial charge in [-0.25, -0.2) is 0 Å². The molecular weight excluding hydrogens is 238 g/mol. The second-order valence-corrected chi connectivity index (χ2v) is 4.32. The van der Waals surface area contributed by atoms with Gasteiger partial charge in [0.1, 0.15) is 18.0 Å². The molecule has 0 spiro atoms. The quantitative estimate of drug-likeness (QED) is 0.567. The van der Waals surface area contributed by atoms with Gasteiger partial charge in [0.25, 0.3) is 0 Å². The summed E-state index contributed by atoms with van der Waals surface area (Å²) in [4.78, 5) is 22.1. The van der Waals surface area contributed by atoms with Crippen LogP contribution in [-0.2, 0) is 16.0 Å². The van der Waals surface area contributed by atoms with Crippen LogP contribution in [0.2, 0.25) is 0 Å². The highest BCUT2D eigenvalue weighted by Crippen LogP contribution is 2.26. The zero-order valence-electron chi connectivity index (χ0n) is 11.0. The Kier molecular flexibility index (Phi) is 4.55. The van der Waals surface area contributed by atoms with Gasteiger partial charge in [-0.1, -0.05) is 0 Å². The van der Waals surface area contributed by atoms with Crippen LogP contribution in [0, 0.1) is 17.0 Å². The fourth-order valence-electron chi connectivity index (χ4n) is 1.81. The number of nitrogens with zero attached hydrogens (tertiary/aromatic N) is 3. The molecule has 0 aliphatic rings. The third kappa shape index (κ3) is 2.92. The van der Waals surface area contributed by atoms with Gasteiger partial charge in [0.15, 0.2) is 5.78 Å². The summed E-state index contributed by atoms with van der Waals surface area (Å²) < 4.78 is 6.26. The molecule has 0 bridgehead atoms. The van der Waals surface area contributed by atoms with Crippen LogP contribution in [0.25, 0.3) is 0 Å². The van der Waals surface area contributed by atoms with Crippen molar-refractivity contribution in [3.8, 4) is 0 Å². The summed E-state index contributed by atoms with van der Waals surface area (Å²) in [6.45, 7) is 5.24. The maximum Gasteiger partial charge on any atom is 0.313 e. The van der Waals surface area contributed by atoms with E-state index in [9.17, 15) is 14.9 Å². The molecule has 7 nitrogen and oxygen atoms in total. The molecule has 0 radical (unpaired) electrons. The van der Waals surface area contributed by atoms with E-state index in [0.717, 1.165) is 0 Å². The second-order valence-electron chi connectivity index (χ2n) is 4.32.